The van der Waals surface area contributed by atoms with Crippen molar-refractivity contribution in [3.8, 4) is 0 Å². The van der Waals surface area contributed by atoms with Gasteiger partial charge in [0.05, 0.1) is 0 Å². The van der Waals surface area contributed by atoms with Gasteiger partial charge in [0.25, 0.3) is 0 Å². The molecule has 0 aliphatic heterocycles. The van der Waals surface area contributed by atoms with Gasteiger partial charge in [0.15, 0.2) is 0 Å². The van der Waals surface area contributed by atoms with Gasteiger partial charge in [-0.1, -0.05) is 23.2 Å². The highest BCUT2D eigenvalue weighted by Crippen LogP contribution is 2.27. The lowest BCUT2D eigenvalue weighted by Crippen LogP contribution is -2.39. The zero-order chi connectivity index (χ0) is 10.8. The molecule has 0 unspecified atom stereocenters. The fourth-order valence-corrected chi connectivity index (χ4v) is 2.40. The number of benzene rings is 1. The zero-order valence-corrected chi connectivity index (χ0v) is 9.85. The van der Waals surface area contributed by atoms with Crippen molar-refractivity contribution in [1.82, 2.24) is 0 Å². The van der Waals surface area contributed by atoms with E-state index in [2.05, 4.69) is 5.32 Å². The molecule has 82 valence electrons. The quantitative estimate of drug-likeness (QED) is 0.858. The first kappa shape index (κ1) is 11.1. The Labute approximate surface area is 99.7 Å². The van der Waals surface area contributed by atoms with Gasteiger partial charge in [-0.3, -0.25) is 0 Å². The van der Waals surface area contributed by atoms with Crippen molar-refractivity contribution in [3.63, 3.8) is 0 Å². The van der Waals surface area contributed by atoms with Gasteiger partial charge in [0.2, 0.25) is 0 Å². The van der Waals surface area contributed by atoms with E-state index in [1.165, 1.54) is 0 Å². The van der Waals surface area contributed by atoms with Gasteiger partial charge in [-0.05, 0) is 37.0 Å². The molecule has 0 saturated heterocycles. The van der Waals surface area contributed by atoms with E-state index < -0.39 is 0 Å². The number of nitrogens with two attached hydrogens (primary N) is 1. The van der Waals surface area contributed by atoms with Gasteiger partial charge in [-0.2, -0.15) is 0 Å². The summed E-state index contributed by atoms with van der Waals surface area (Å²) >= 11 is 11.8. The number of rotatable bonds is 3. The first-order valence-corrected chi connectivity index (χ1v) is 5.84. The van der Waals surface area contributed by atoms with Crippen LogP contribution in [0.25, 0.3) is 0 Å². The van der Waals surface area contributed by atoms with Crippen LogP contribution in [0.5, 0.6) is 0 Å². The average molecular weight is 245 g/mol. The molecular weight excluding hydrogens is 231 g/mol. The summed E-state index contributed by atoms with van der Waals surface area (Å²) in [4.78, 5) is 0. The SMILES string of the molecule is NC1CC(CNc2cc(Cl)cc(Cl)c2)C1. The van der Waals surface area contributed by atoms with Crippen molar-refractivity contribution in [1.29, 1.82) is 0 Å². The Hall–Kier alpha value is -0.440. The van der Waals surface area contributed by atoms with Gasteiger partial charge < -0.3 is 11.1 Å². The molecular formula is C11H14Cl2N2. The summed E-state index contributed by atoms with van der Waals surface area (Å²) in [5.74, 6) is 0.692. The number of anilines is 1. The Kier molecular flexibility index (Phi) is 3.39. The molecule has 0 heterocycles. The molecule has 1 fully saturated rings. The Morgan fingerprint density at radius 2 is 1.80 bits per heavy atom. The van der Waals surface area contributed by atoms with Crippen LogP contribution in [0.3, 0.4) is 0 Å². The summed E-state index contributed by atoms with van der Waals surface area (Å²) in [7, 11) is 0. The van der Waals surface area contributed by atoms with Crippen LogP contribution < -0.4 is 11.1 Å². The first-order chi connectivity index (χ1) is 7.13. The normalized spacial score (nSPS) is 24.7. The minimum Gasteiger partial charge on any atom is -0.385 e. The van der Waals surface area contributed by atoms with Crippen LogP contribution in [0.15, 0.2) is 18.2 Å². The van der Waals surface area contributed by atoms with Gasteiger partial charge in [-0.15, -0.1) is 0 Å². The van der Waals surface area contributed by atoms with Crippen LogP contribution in [0.2, 0.25) is 10.0 Å². The number of hydrogen-bond acceptors (Lipinski definition) is 2. The highest BCUT2D eigenvalue weighted by Gasteiger charge is 2.25. The van der Waals surface area contributed by atoms with Crippen LogP contribution in [0.4, 0.5) is 5.69 Å². The maximum Gasteiger partial charge on any atom is 0.0441 e. The molecule has 0 radical (unpaired) electrons. The molecule has 1 aromatic rings. The van der Waals surface area contributed by atoms with E-state index in [0.29, 0.717) is 22.0 Å². The van der Waals surface area contributed by atoms with E-state index in [4.69, 9.17) is 28.9 Å². The molecule has 3 N–H and O–H groups in total. The minimum atomic E-state index is 0.403. The second-order valence-electron chi connectivity index (χ2n) is 4.14. The van der Waals surface area contributed by atoms with E-state index in [1.54, 1.807) is 6.07 Å². The maximum atomic E-state index is 5.89. The Morgan fingerprint density at radius 1 is 1.20 bits per heavy atom. The van der Waals surface area contributed by atoms with E-state index in [1.807, 2.05) is 12.1 Å². The molecule has 0 bridgehead atoms. The number of hydrogen-bond donors (Lipinski definition) is 2. The summed E-state index contributed by atoms with van der Waals surface area (Å²) in [6.07, 6.45) is 2.22. The van der Waals surface area contributed by atoms with Crippen molar-refractivity contribution in [3.05, 3.63) is 28.2 Å². The highest BCUT2D eigenvalue weighted by atomic mass is 35.5. The van der Waals surface area contributed by atoms with Crippen LogP contribution in [0.1, 0.15) is 12.8 Å². The van der Waals surface area contributed by atoms with Gasteiger partial charge in [-0.25, -0.2) is 0 Å². The Bertz CT molecular complexity index is 328. The standard InChI is InChI=1S/C11H14Cl2N2/c12-8-3-9(13)5-11(4-8)15-6-7-1-10(14)2-7/h3-5,7,10,15H,1-2,6,14H2. The lowest BCUT2D eigenvalue weighted by molar-refractivity contribution is 0.280. The third kappa shape index (κ3) is 3.00. The smallest absolute Gasteiger partial charge is 0.0441 e. The maximum absolute atomic E-state index is 5.89. The lowest BCUT2D eigenvalue weighted by Gasteiger charge is -2.32. The fraction of sp³-hybridized carbons (Fsp3) is 0.455. The van der Waals surface area contributed by atoms with E-state index in [-0.39, 0.29) is 0 Å². The molecule has 4 heteroatoms. The van der Waals surface area contributed by atoms with Crippen molar-refractivity contribution in [2.75, 3.05) is 11.9 Å². The lowest BCUT2D eigenvalue weighted by atomic mass is 9.81. The third-order valence-electron chi connectivity index (χ3n) is 2.73. The second-order valence-corrected chi connectivity index (χ2v) is 5.01. The summed E-state index contributed by atoms with van der Waals surface area (Å²) in [5.41, 5.74) is 6.70. The molecule has 0 aromatic heterocycles. The van der Waals surface area contributed by atoms with Crippen molar-refractivity contribution < 1.29 is 0 Å². The van der Waals surface area contributed by atoms with Crippen LogP contribution in [-0.2, 0) is 0 Å². The monoisotopic (exact) mass is 244 g/mol. The van der Waals surface area contributed by atoms with Gasteiger partial charge in [0, 0.05) is 28.3 Å². The fourth-order valence-electron chi connectivity index (χ4n) is 1.87. The Morgan fingerprint density at radius 3 is 2.33 bits per heavy atom. The van der Waals surface area contributed by atoms with E-state index >= 15 is 0 Å². The largest absolute Gasteiger partial charge is 0.385 e. The van der Waals surface area contributed by atoms with E-state index in [0.717, 1.165) is 25.1 Å². The third-order valence-corrected chi connectivity index (χ3v) is 3.17. The topological polar surface area (TPSA) is 38.0 Å². The van der Waals surface area contributed by atoms with Crippen LogP contribution in [-0.4, -0.2) is 12.6 Å². The molecule has 1 aromatic carbocycles. The minimum absolute atomic E-state index is 0.403. The molecule has 2 nitrogen and oxygen atoms in total. The molecule has 1 saturated carbocycles. The number of nitrogens with one attached hydrogen (secondary N) is 1. The number of halogens is 2. The summed E-state index contributed by atoms with van der Waals surface area (Å²) in [5, 5.41) is 4.65. The average Bonchev–Trinajstić information content (AvgIpc) is 2.09. The van der Waals surface area contributed by atoms with Crippen molar-refractivity contribution in [2.45, 2.75) is 18.9 Å². The molecule has 0 spiro atoms. The molecule has 0 atom stereocenters. The van der Waals surface area contributed by atoms with Crippen molar-refractivity contribution in [2.24, 2.45) is 11.7 Å². The summed E-state index contributed by atoms with van der Waals surface area (Å²) in [6, 6.07) is 5.89. The summed E-state index contributed by atoms with van der Waals surface area (Å²) in [6.45, 7) is 0.949. The Balaban J connectivity index is 1.88. The van der Waals surface area contributed by atoms with Gasteiger partial charge >= 0.3 is 0 Å². The molecule has 1 aliphatic carbocycles. The molecule has 1 aliphatic rings. The molecule has 15 heavy (non-hydrogen) atoms. The van der Waals surface area contributed by atoms with Gasteiger partial charge in [0.1, 0.15) is 0 Å². The predicted octanol–water partition coefficient (Wildman–Crippen LogP) is 3.14. The van der Waals surface area contributed by atoms with E-state index in [9.17, 15) is 0 Å². The zero-order valence-electron chi connectivity index (χ0n) is 8.34. The second kappa shape index (κ2) is 4.60. The highest BCUT2D eigenvalue weighted by molar-refractivity contribution is 6.35. The predicted molar refractivity (Wildman–Crippen MR) is 65.7 cm³/mol. The van der Waals surface area contributed by atoms with Crippen molar-refractivity contribution >= 4 is 28.9 Å². The van der Waals surface area contributed by atoms with Crippen LogP contribution in [0, 0.1) is 5.92 Å². The molecule has 2 rings (SSSR count). The molecule has 0 amide bonds. The first-order valence-electron chi connectivity index (χ1n) is 5.09. The van der Waals surface area contributed by atoms with Crippen LogP contribution >= 0.6 is 23.2 Å². The summed E-state index contributed by atoms with van der Waals surface area (Å²) < 4.78 is 0.